The number of nitrogens with zero attached hydrogens (tertiary/aromatic N) is 1. The Balaban J connectivity index is 1.62. The van der Waals surface area contributed by atoms with Gasteiger partial charge >= 0.3 is 6.09 Å². The average Bonchev–Trinajstić information content (AvgIpc) is 2.83. The van der Waals surface area contributed by atoms with Crippen LogP contribution in [0.15, 0.2) is 91.0 Å². The lowest BCUT2D eigenvalue weighted by molar-refractivity contribution is -0.135. The van der Waals surface area contributed by atoms with Gasteiger partial charge in [0.2, 0.25) is 11.8 Å². The fourth-order valence-corrected chi connectivity index (χ4v) is 3.24. The summed E-state index contributed by atoms with van der Waals surface area (Å²) < 4.78 is 5.29. The quantitative estimate of drug-likeness (QED) is 0.527. The van der Waals surface area contributed by atoms with Crippen molar-refractivity contribution in [3.05, 3.63) is 102 Å². The molecule has 0 bridgehead atoms. The molecule has 0 unspecified atom stereocenters. The largest absolute Gasteiger partial charge is 0.445 e. The summed E-state index contributed by atoms with van der Waals surface area (Å²) in [6, 6.07) is 26.7. The Kier molecular flexibility index (Phi) is 8.59. The first-order chi connectivity index (χ1) is 16.0. The minimum Gasteiger partial charge on any atom is -0.445 e. The van der Waals surface area contributed by atoms with Crippen molar-refractivity contribution < 1.29 is 19.1 Å². The molecule has 3 aromatic carbocycles. The smallest absolute Gasteiger partial charge is 0.408 e. The molecule has 1 atom stereocenters. The van der Waals surface area contributed by atoms with E-state index in [4.69, 9.17) is 4.74 Å². The zero-order valence-corrected chi connectivity index (χ0v) is 18.4. The van der Waals surface area contributed by atoms with Crippen molar-refractivity contribution in [2.75, 3.05) is 18.9 Å². The number of hydrogen-bond donors (Lipinski definition) is 2. The van der Waals surface area contributed by atoms with Crippen molar-refractivity contribution >= 4 is 23.6 Å². The van der Waals surface area contributed by atoms with Gasteiger partial charge in [-0.2, -0.15) is 0 Å². The molecule has 0 spiro atoms. The summed E-state index contributed by atoms with van der Waals surface area (Å²) in [5.41, 5.74) is 2.36. The van der Waals surface area contributed by atoms with Gasteiger partial charge < -0.3 is 20.3 Å². The van der Waals surface area contributed by atoms with Gasteiger partial charge in [-0.15, -0.1) is 0 Å². The maximum Gasteiger partial charge on any atom is 0.408 e. The fraction of sp³-hybridized carbons (Fsp3) is 0.192. The fourth-order valence-electron chi connectivity index (χ4n) is 3.24. The number of likely N-dealkylation sites (N-methyl/N-ethyl adjacent to an activating group) is 1. The molecule has 170 valence electrons. The van der Waals surface area contributed by atoms with Gasteiger partial charge in [0.25, 0.3) is 0 Å². The molecule has 2 N–H and O–H groups in total. The van der Waals surface area contributed by atoms with Gasteiger partial charge in [0, 0.05) is 19.2 Å². The van der Waals surface area contributed by atoms with Crippen LogP contribution in [0, 0.1) is 0 Å². The van der Waals surface area contributed by atoms with E-state index in [1.807, 2.05) is 78.9 Å². The summed E-state index contributed by atoms with van der Waals surface area (Å²) in [7, 11) is 1.53. The number of nitrogens with one attached hydrogen (secondary N) is 2. The molecule has 0 saturated carbocycles. The standard InChI is InChI=1S/C26H27N3O4/c1-29(18-24(30)27-22-15-9-4-10-16-22)25(31)23(17-20-11-5-2-6-12-20)28-26(32)33-19-21-13-7-3-8-14-21/h2-16,23H,17-19H2,1H3,(H,27,30)(H,28,32)/t23-/m0/s1. The molecule has 0 saturated heterocycles. The van der Waals surface area contributed by atoms with Gasteiger partial charge in [0.1, 0.15) is 12.6 Å². The Labute approximate surface area is 193 Å². The molecule has 7 nitrogen and oxygen atoms in total. The van der Waals surface area contributed by atoms with E-state index >= 15 is 0 Å². The highest BCUT2D eigenvalue weighted by atomic mass is 16.5. The number of benzene rings is 3. The number of amides is 3. The molecule has 0 aliphatic heterocycles. The van der Waals surface area contributed by atoms with Gasteiger partial charge in [-0.3, -0.25) is 9.59 Å². The van der Waals surface area contributed by atoms with Crippen LogP contribution < -0.4 is 10.6 Å². The minimum atomic E-state index is -0.884. The Morgan fingerprint density at radius 3 is 1.97 bits per heavy atom. The molecular weight excluding hydrogens is 418 g/mol. The van der Waals surface area contributed by atoms with Crippen molar-refractivity contribution in [2.45, 2.75) is 19.1 Å². The van der Waals surface area contributed by atoms with Crippen LogP contribution in [0.25, 0.3) is 0 Å². The monoisotopic (exact) mass is 445 g/mol. The lowest BCUT2D eigenvalue weighted by atomic mass is 10.0. The molecule has 0 aliphatic carbocycles. The lowest BCUT2D eigenvalue weighted by Gasteiger charge is -2.24. The van der Waals surface area contributed by atoms with E-state index in [9.17, 15) is 14.4 Å². The summed E-state index contributed by atoms with van der Waals surface area (Å²) in [5, 5.41) is 5.41. The third-order valence-electron chi connectivity index (χ3n) is 4.90. The normalized spacial score (nSPS) is 11.2. The van der Waals surface area contributed by atoms with Crippen LogP contribution in [-0.2, 0) is 27.4 Å². The molecule has 33 heavy (non-hydrogen) atoms. The Morgan fingerprint density at radius 2 is 1.36 bits per heavy atom. The van der Waals surface area contributed by atoms with Crippen LogP contribution in [0.1, 0.15) is 11.1 Å². The van der Waals surface area contributed by atoms with E-state index in [1.165, 1.54) is 11.9 Å². The summed E-state index contributed by atoms with van der Waals surface area (Å²) in [4.78, 5) is 39.2. The highest BCUT2D eigenvalue weighted by Gasteiger charge is 2.26. The van der Waals surface area contributed by atoms with Gasteiger partial charge in [0.15, 0.2) is 0 Å². The lowest BCUT2D eigenvalue weighted by Crippen LogP contribution is -2.50. The molecule has 3 aromatic rings. The maximum absolute atomic E-state index is 13.1. The minimum absolute atomic E-state index is 0.0915. The van der Waals surface area contributed by atoms with E-state index < -0.39 is 18.0 Å². The maximum atomic E-state index is 13.1. The highest BCUT2D eigenvalue weighted by Crippen LogP contribution is 2.08. The molecule has 0 heterocycles. The van der Waals surface area contributed by atoms with Gasteiger partial charge in [-0.05, 0) is 23.3 Å². The number of para-hydroxylation sites is 1. The number of carbonyl (C=O) groups excluding carboxylic acids is 3. The van der Waals surface area contributed by atoms with Crippen molar-refractivity contribution in [3.8, 4) is 0 Å². The SMILES string of the molecule is CN(CC(=O)Nc1ccccc1)C(=O)[C@H](Cc1ccccc1)NC(=O)OCc1ccccc1. The van der Waals surface area contributed by atoms with Crippen LogP contribution in [0.4, 0.5) is 10.5 Å². The topological polar surface area (TPSA) is 87.7 Å². The van der Waals surface area contributed by atoms with Crippen molar-refractivity contribution in [1.29, 1.82) is 0 Å². The Bertz CT molecular complexity index is 1040. The second-order valence-corrected chi connectivity index (χ2v) is 7.56. The first kappa shape index (κ1) is 23.5. The van der Waals surface area contributed by atoms with Crippen LogP contribution in [-0.4, -0.2) is 42.4 Å². The number of ether oxygens (including phenoxy) is 1. The Hall–Kier alpha value is -4.13. The van der Waals surface area contributed by atoms with E-state index in [1.54, 1.807) is 12.1 Å². The van der Waals surface area contributed by atoms with E-state index in [0.717, 1.165) is 11.1 Å². The van der Waals surface area contributed by atoms with E-state index in [-0.39, 0.29) is 25.5 Å². The van der Waals surface area contributed by atoms with Crippen molar-refractivity contribution in [2.24, 2.45) is 0 Å². The number of anilines is 1. The Morgan fingerprint density at radius 1 is 0.818 bits per heavy atom. The number of rotatable bonds is 9. The second kappa shape index (κ2) is 12.0. The summed E-state index contributed by atoms with van der Waals surface area (Å²) in [5.74, 6) is -0.721. The van der Waals surface area contributed by atoms with Gasteiger partial charge in [-0.1, -0.05) is 78.9 Å². The first-order valence-corrected chi connectivity index (χ1v) is 10.6. The van der Waals surface area contributed by atoms with Crippen LogP contribution in [0.3, 0.4) is 0 Å². The highest BCUT2D eigenvalue weighted by molar-refractivity contribution is 5.95. The molecule has 0 fully saturated rings. The zero-order chi connectivity index (χ0) is 23.5. The molecule has 0 aromatic heterocycles. The first-order valence-electron chi connectivity index (χ1n) is 10.6. The number of alkyl carbamates (subject to hydrolysis) is 1. The average molecular weight is 446 g/mol. The second-order valence-electron chi connectivity index (χ2n) is 7.56. The molecule has 3 amide bonds. The molecule has 7 heteroatoms. The van der Waals surface area contributed by atoms with Gasteiger partial charge in [0.05, 0.1) is 6.54 Å². The predicted octanol–water partition coefficient (Wildman–Crippen LogP) is 3.62. The molecule has 3 rings (SSSR count). The summed E-state index contributed by atoms with van der Waals surface area (Å²) in [6.07, 6.45) is -0.430. The van der Waals surface area contributed by atoms with E-state index in [0.29, 0.717) is 5.69 Å². The zero-order valence-electron chi connectivity index (χ0n) is 18.4. The van der Waals surface area contributed by atoms with Crippen molar-refractivity contribution in [3.63, 3.8) is 0 Å². The third-order valence-corrected chi connectivity index (χ3v) is 4.90. The predicted molar refractivity (Wildman–Crippen MR) is 126 cm³/mol. The van der Waals surface area contributed by atoms with Crippen molar-refractivity contribution in [1.82, 2.24) is 10.2 Å². The van der Waals surface area contributed by atoms with Gasteiger partial charge in [-0.25, -0.2) is 4.79 Å². The molecule has 0 radical (unpaired) electrons. The van der Waals surface area contributed by atoms with Crippen LogP contribution in [0.2, 0.25) is 0 Å². The summed E-state index contributed by atoms with van der Waals surface area (Å²) >= 11 is 0. The number of carbonyl (C=O) groups is 3. The number of hydrogen-bond acceptors (Lipinski definition) is 4. The molecular formula is C26H27N3O4. The third kappa shape index (κ3) is 7.81. The van der Waals surface area contributed by atoms with E-state index in [2.05, 4.69) is 10.6 Å². The summed E-state index contributed by atoms with van der Waals surface area (Å²) in [6.45, 7) is -0.0615. The molecule has 0 aliphatic rings. The van der Waals surface area contributed by atoms with Crippen LogP contribution in [0.5, 0.6) is 0 Å². The van der Waals surface area contributed by atoms with Crippen LogP contribution >= 0.6 is 0 Å².